The van der Waals surface area contributed by atoms with Crippen molar-refractivity contribution in [1.29, 1.82) is 0 Å². The molecule has 3 rings (SSSR count). The van der Waals surface area contributed by atoms with E-state index in [-0.39, 0.29) is 4.90 Å². The summed E-state index contributed by atoms with van der Waals surface area (Å²) in [4.78, 5) is 2.24. The molecule has 0 spiro atoms. The number of sulfonamides is 1. The molecule has 3 aromatic rings. The van der Waals surface area contributed by atoms with E-state index in [0.717, 1.165) is 11.3 Å². The fourth-order valence-corrected chi connectivity index (χ4v) is 4.18. The Balaban J connectivity index is 2.14. The van der Waals surface area contributed by atoms with Crippen LogP contribution in [0.4, 0.5) is 17.1 Å². The third-order valence-corrected chi connectivity index (χ3v) is 5.92. The standard InChI is InChI=1S/C21H22N2O2S/c1-17-9-15-21(16-10-17)26(24,25)23(19-7-5-4-6-8-19)20-13-11-18(12-14-20)22(2)3/h4-16H,1-3H3. The average molecular weight is 366 g/mol. The zero-order chi connectivity index (χ0) is 18.7. The molecule has 0 saturated carbocycles. The van der Waals surface area contributed by atoms with Crippen molar-refractivity contribution in [3.63, 3.8) is 0 Å². The fraction of sp³-hybridized carbons (Fsp3) is 0.143. The van der Waals surface area contributed by atoms with Gasteiger partial charge < -0.3 is 4.90 Å². The predicted molar refractivity (Wildman–Crippen MR) is 108 cm³/mol. The summed E-state index contributed by atoms with van der Waals surface area (Å²) in [6, 6.07) is 23.5. The van der Waals surface area contributed by atoms with Gasteiger partial charge in [-0.2, -0.15) is 0 Å². The number of hydrogen-bond acceptors (Lipinski definition) is 3. The average Bonchev–Trinajstić information content (AvgIpc) is 2.63. The van der Waals surface area contributed by atoms with Gasteiger partial charge in [0.15, 0.2) is 0 Å². The molecule has 0 atom stereocenters. The largest absolute Gasteiger partial charge is 0.378 e. The Bertz CT molecular complexity index is 965. The number of rotatable bonds is 5. The zero-order valence-electron chi connectivity index (χ0n) is 15.1. The molecule has 4 nitrogen and oxygen atoms in total. The first-order valence-electron chi connectivity index (χ1n) is 8.34. The molecule has 0 bridgehead atoms. The number of benzene rings is 3. The predicted octanol–water partition coefficient (Wildman–Crippen LogP) is 4.59. The number of hydrogen-bond donors (Lipinski definition) is 0. The van der Waals surface area contributed by atoms with E-state index in [1.165, 1.54) is 4.31 Å². The van der Waals surface area contributed by atoms with E-state index in [4.69, 9.17) is 0 Å². The van der Waals surface area contributed by atoms with Crippen LogP contribution in [0.3, 0.4) is 0 Å². The molecule has 0 aliphatic heterocycles. The Kier molecular flexibility index (Phi) is 5.00. The Morgan fingerprint density at radius 3 is 1.69 bits per heavy atom. The molecule has 26 heavy (non-hydrogen) atoms. The van der Waals surface area contributed by atoms with Gasteiger partial charge in [0.1, 0.15) is 0 Å². The second kappa shape index (κ2) is 7.22. The summed E-state index contributed by atoms with van der Waals surface area (Å²) in [5.74, 6) is 0. The van der Waals surface area contributed by atoms with Gasteiger partial charge in [-0.25, -0.2) is 12.7 Å². The first kappa shape index (κ1) is 18.0. The topological polar surface area (TPSA) is 40.6 Å². The molecule has 134 valence electrons. The molecule has 0 aliphatic carbocycles. The normalized spacial score (nSPS) is 11.2. The van der Waals surface area contributed by atoms with Gasteiger partial charge in [-0.1, -0.05) is 35.9 Å². The molecule has 0 saturated heterocycles. The second-order valence-electron chi connectivity index (χ2n) is 6.33. The Hall–Kier alpha value is -2.79. The van der Waals surface area contributed by atoms with Crippen LogP contribution < -0.4 is 9.21 Å². The highest BCUT2D eigenvalue weighted by Crippen LogP contribution is 2.33. The summed E-state index contributed by atoms with van der Waals surface area (Å²) in [7, 11) is 0.166. The van der Waals surface area contributed by atoms with Gasteiger partial charge in [-0.3, -0.25) is 0 Å². The minimum absolute atomic E-state index is 0.267. The molecule has 0 aromatic heterocycles. The molecular formula is C21H22N2O2S. The van der Waals surface area contributed by atoms with Gasteiger partial charge in [0.05, 0.1) is 16.3 Å². The van der Waals surface area contributed by atoms with Crippen LogP contribution in [-0.2, 0) is 10.0 Å². The number of nitrogens with zero attached hydrogens (tertiary/aromatic N) is 2. The summed E-state index contributed by atoms with van der Waals surface area (Å²) in [6.45, 7) is 1.94. The fourth-order valence-electron chi connectivity index (χ4n) is 2.69. The van der Waals surface area contributed by atoms with E-state index in [9.17, 15) is 8.42 Å². The molecule has 5 heteroatoms. The number of anilines is 3. The van der Waals surface area contributed by atoms with Crippen molar-refractivity contribution in [2.45, 2.75) is 11.8 Å². The van der Waals surface area contributed by atoms with Crippen LogP contribution in [0.1, 0.15) is 5.56 Å². The number of aryl methyl sites for hydroxylation is 1. The van der Waals surface area contributed by atoms with Crippen LogP contribution in [0.2, 0.25) is 0 Å². The molecular weight excluding hydrogens is 344 g/mol. The van der Waals surface area contributed by atoms with Crippen molar-refractivity contribution in [2.75, 3.05) is 23.3 Å². The van der Waals surface area contributed by atoms with Gasteiger partial charge in [0, 0.05) is 19.8 Å². The van der Waals surface area contributed by atoms with Crippen LogP contribution in [-0.4, -0.2) is 22.5 Å². The molecule has 3 aromatic carbocycles. The lowest BCUT2D eigenvalue weighted by atomic mass is 10.2. The highest BCUT2D eigenvalue weighted by molar-refractivity contribution is 7.93. The zero-order valence-corrected chi connectivity index (χ0v) is 15.9. The molecule has 0 fully saturated rings. The molecule has 0 unspecified atom stereocenters. The summed E-state index contributed by atoms with van der Waals surface area (Å²) >= 11 is 0. The monoisotopic (exact) mass is 366 g/mol. The second-order valence-corrected chi connectivity index (χ2v) is 8.12. The Labute approximate surface area is 155 Å². The highest BCUT2D eigenvalue weighted by atomic mass is 32.2. The molecule has 0 amide bonds. The van der Waals surface area contributed by atoms with Crippen LogP contribution in [0.15, 0.2) is 83.8 Å². The van der Waals surface area contributed by atoms with E-state index in [0.29, 0.717) is 11.4 Å². The van der Waals surface area contributed by atoms with Gasteiger partial charge in [0.25, 0.3) is 10.0 Å². The van der Waals surface area contributed by atoms with E-state index < -0.39 is 10.0 Å². The summed E-state index contributed by atoms with van der Waals surface area (Å²) in [5.41, 5.74) is 3.23. The maximum Gasteiger partial charge on any atom is 0.268 e. The SMILES string of the molecule is Cc1ccc(S(=O)(=O)N(c2ccccc2)c2ccc(N(C)C)cc2)cc1. The van der Waals surface area contributed by atoms with Gasteiger partial charge >= 0.3 is 0 Å². The van der Waals surface area contributed by atoms with Crippen LogP contribution >= 0.6 is 0 Å². The van der Waals surface area contributed by atoms with Crippen molar-refractivity contribution in [3.05, 3.63) is 84.4 Å². The summed E-state index contributed by atoms with van der Waals surface area (Å²) in [6.07, 6.45) is 0. The van der Waals surface area contributed by atoms with Crippen LogP contribution in [0, 0.1) is 6.92 Å². The van der Waals surface area contributed by atoms with E-state index in [1.54, 1.807) is 24.3 Å². The lowest BCUT2D eigenvalue weighted by molar-refractivity contribution is 0.596. The smallest absolute Gasteiger partial charge is 0.268 e. The van der Waals surface area contributed by atoms with E-state index >= 15 is 0 Å². The number of para-hydroxylation sites is 1. The molecule has 0 radical (unpaired) electrons. The van der Waals surface area contributed by atoms with Crippen molar-refractivity contribution in [1.82, 2.24) is 0 Å². The first-order chi connectivity index (χ1) is 12.4. The van der Waals surface area contributed by atoms with Gasteiger partial charge in [0.2, 0.25) is 0 Å². The summed E-state index contributed by atoms with van der Waals surface area (Å²) in [5, 5.41) is 0. The van der Waals surface area contributed by atoms with Gasteiger partial charge in [-0.05, 0) is 55.5 Å². The Morgan fingerprint density at radius 2 is 1.15 bits per heavy atom. The summed E-state index contributed by atoms with van der Waals surface area (Å²) < 4.78 is 28.1. The molecule has 0 N–H and O–H groups in total. The third kappa shape index (κ3) is 3.58. The minimum Gasteiger partial charge on any atom is -0.378 e. The Morgan fingerprint density at radius 1 is 0.654 bits per heavy atom. The van der Waals surface area contributed by atoms with Crippen molar-refractivity contribution >= 4 is 27.1 Å². The molecule has 0 heterocycles. The van der Waals surface area contributed by atoms with E-state index in [1.807, 2.05) is 80.5 Å². The quantitative estimate of drug-likeness (QED) is 0.663. The van der Waals surface area contributed by atoms with Crippen molar-refractivity contribution in [3.8, 4) is 0 Å². The van der Waals surface area contributed by atoms with Crippen LogP contribution in [0.5, 0.6) is 0 Å². The maximum atomic E-state index is 13.4. The lowest BCUT2D eigenvalue weighted by Gasteiger charge is -2.25. The van der Waals surface area contributed by atoms with Crippen molar-refractivity contribution in [2.24, 2.45) is 0 Å². The van der Waals surface area contributed by atoms with Gasteiger partial charge in [-0.15, -0.1) is 0 Å². The highest BCUT2D eigenvalue weighted by Gasteiger charge is 2.26. The van der Waals surface area contributed by atoms with Crippen LogP contribution in [0.25, 0.3) is 0 Å². The lowest BCUT2D eigenvalue weighted by Crippen LogP contribution is -2.26. The third-order valence-electron chi connectivity index (χ3n) is 4.15. The first-order valence-corrected chi connectivity index (χ1v) is 9.78. The van der Waals surface area contributed by atoms with E-state index in [2.05, 4.69) is 0 Å². The maximum absolute atomic E-state index is 13.4. The molecule has 0 aliphatic rings. The minimum atomic E-state index is -3.74. The van der Waals surface area contributed by atoms with Crippen molar-refractivity contribution < 1.29 is 8.42 Å².